The molecular weight excluding hydrogens is 292 g/mol. The molecule has 126 valence electrons. The van der Waals surface area contributed by atoms with Crippen LogP contribution in [0.3, 0.4) is 0 Å². The van der Waals surface area contributed by atoms with Gasteiger partial charge in [-0.3, -0.25) is 9.59 Å². The highest BCUT2D eigenvalue weighted by Crippen LogP contribution is 2.47. The summed E-state index contributed by atoms with van der Waals surface area (Å²) in [6, 6.07) is 7.74. The van der Waals surface area contributed by atoms with E-state index in [0.717, 1.165) is 11.3 Å². The van der Waals surface area contributed by atoms with E-state index in [9.17, 15) is 9.59 Å². The van der Waals surface area contributed by atoms with Crippen molar-refractivity contribution in [2.24, 2.45) is 5.41 Å². The number of methoxy groups -OCH3 is 1. The van der Waals surface area contributed by atoms with Crippen LogP contribution in [0.4, 0.5) is 5.69 Å². The Balaban J connectivity index is 2.09. The standard InChI is InChI=1S/C18H26N2O3/c1-17(2,3)13-7-5-6-8-14(13)20-16(22)18(9-10-18)15(21)19-11-12-23-4/h5-8H,9-12H2,1-4H3,(H,19,21)(H,20,22). The predicted octanol–water partition coefficient (Wildman–Crippen LogP) is 2.47. The number of anilines is 1. The lowest BCUT2D eigenvalue weighted by Gasteiger charge is -2.24. The number of hydrogen-bond donors (Lipinski definition) is 2. The van der Waals surface area contributed by atoms with Crippen molar-refractivity contribution in [2.45, 2.75) is 39.0 Å². The zero-order valence-corrected chi connectivity index (χ0v) is 14.4. The van der Waals surface area contributed by atoms with Crippen LogP contribution >= 0.6 is 0 Å². The largest absolute Gasteiger partial charge is 0.383 e. The molecule has 1 aromatic rings. The third-order valence-corrected chi connectivity index (χ3v) is 4.19. The van der Waals surface area contributed by atoms with Gasteiger partial charge in [0.1, 0.15) is 5.41 Å². The van der Waals surface area contributed by atoms with Crippen molar-refractivity contribution >= 4 is 17.5 Å². The van der Waals surface area contributed by atoms with Crippen molar-refractivity contribution in [1.29, 1.82) is 0 Å². The normalized spacial score (nSPS) is 15.8. The van der Waals surface area contributed by atoms with Gasteiger partial charge in [-0.15, -0.1) is 0 Å². The summed E-state index contributed by atoms with van der Waals surface area (Å²) in [6.45, 7) is 7.16. The third kappa shape index (κ3) is 3.91. The smallest absolute Gasteiger partial charge is 0.240 e. The summed E-state index contributed by atoms with van der Waals surface area (Å²) in [6.07, 6.45) is 1.19. The zero-order valence-electron chi connectivity index (χ0n) is 14.4. The van der Waals surface area contributed by atoms with Gasteiger partial charge in [0.15, 0.2) is 0 Å². The van der Waals surface area contributed by atoms with E-state index in [2.05, 4.69) is 31.4 Å². The molecule has 1 saturated carbocycles. The second kappa shape index (κ2) is 6.71. The molecule has 23 heavy (non-hydrogen) atoms. The number of carbonyl (C=O) groups excluding carboxylic acids is 2. The van der Waals surface area contributed by atoms with Crippen LogP contribution in [0.15, 0.2) is 24.3 Å². The number of para-hydroxylation sites is 1. The maximum Gasteiger partial charge on any atom is 0.240 e. The van der Waals surface area contributed by atoms with E-state index in [0.29, 0.717) is 26.0 Å². The highest BCUT2D eigenvalue weighted by molar-refractivity contribution is 6.13. The van der Waals surface area contributed by atoms with Gasteiger partial charge in [0.2, 0.25) is 11.8 Å². The lowest BCUT2D eigenvalue weighted by atomic mass is 9.85. The minimum absolute atomic E-state index is 0.0820. The first-order valence-corrected chi connectivity index (χ1v) is 7.99. The van der Waals surface area contributed by atoms with Crippen LogP contribution in [0, 0.1) is 5.41 Å². The van der Waals surface area contributed by atoms with Crippen LogP contribution in [-0.2, 0) is 19.7 Å². The fraction of sp³-hybridized carbons (Fsp3) is 0.556. The summed E-state index contributed by atoms with van der Waals surface area (Å²) in [4.78, 5) is 24.9. The summed E-state index contributed by atoms with van der Waals surface area (Å²) in [7, 11) is 1.58. The molecule has 1 aliphatic rings. The molecule has 1 aliphatic carbocycles. The second-order valence-electron chi connectivity index (χ2n) is 7.08. The molecular formula is C18H26N2O3. The summed E-state index contributed by atoms with van der Waals surface area (Å²) >= 11 is 0. The Kier molecular flexibility index (Phi) is 5.09. The zero-order chi connectivity index (χ0) is 17.1. The Bertz CT molecular complexity index is 586. The summed E-state index contributed by atoms with van der Waals surface area (Å²) < 4.78 is 4.92. The van der Waals surface area contributed by atoms with E-state index in [1.807, 2.05) is 24.3 Å². The number of carbonyl (C=O) groups is 2. The average Bonchev–Trinajstić information content (AvgIpc) is 3.28. The first-order valence-electron chi connectivity index (χ1n) is 7.99. The molecule has 0 bridgehead atoms. The highest BCUT2D eigenvalue weighted by atomic mass is 16.5. The Morgan fingerprint density at radius 2 is 1.83 bits per heavy atom. The van der Waals surface area contributed by atoms with E-state index < -0.39 is 5.41 Å². The molecule has 5 heteroatoms. The van der Waals surface area contributed by atoms with Gasteiger partial charge in [0.05, 0.1) is 6.61 Å². The van der Waals surface area contributed by atoms with E-state index in [4.69, 9.17) is 4.74 Å². The molecule has 0 aromatic heterocycles. The number of ether oxygens (including phenoxy) is 1. The van der Waals surface area contributed by atoms with Crippen molar-refractivity contribution in [3.05, 3.63) is 29.8 Å². The lowest BCUT2D eigenvalue weighted by Crippen LogP contribution is -2.41. The van der Waals surface area contributed by atoms with Gasteiger partial charge in [0.25, 0.3) is 0 Å². The van der Waals surface area contributed by atoms with Gasteiger partial charge in [-0.2, -0.15) is 0 Å². The SMILES string of the molecule is COCCNC(=O)C1(C(=O)Nc2ccccc2C(C)(C)C)CC1. The first-order chi connectivity index (χ1) is 10.8. The summed E-state index contributed by atoms with van der Waals surface area (Å²) in [5, 5.41) is 5.73. The predicted molar refractivity (Wildman–Crippen MR) is 90.3 cm³/mol. The highest BCUT2D eigenvalue weighted by Gasteiger charge is 2.56. The minimum atomic E-state index is -0.918. The third-order valence-electron chi connectivity index (χ3n) is 4.19. The molecule has 2 N–H and O–H groups in total. The number of benzene rings is 1. The first kappa shape index (κ1) is 17.5. The topological polar surface area (TPSA) is 67.4 Å². The van der Waals surface area contributed by atoms with Gasteiger partial charge in [-0.25, -0.2) is 0 Å². The van der Waals surface area contributed by atoms with Crippen LogP contribution in [-0.4, -0.2) is 32.1 Å². The molecule has 5 nitrogen and oxygen atoms in total. The monoisotopic (exact) mass is 318 g/mol. The van der Waals surface area contributed by atoms with Crippen molar-refractivity contribution in [3.8, 4) is 0 Å². The summed E-state index contributed by atoms with van der Waals surface area (Å²) in [5.41, 5.74) is 0.838. The average molecular weight is 318 g/mol. The number of amides is 2. The molecule has 0 aliphatic heterocycles. The molecule has 1 aromatic carbocycles. The lowest BCUT2D eigenvalue weighted by molar-refractivity contribution is -0.134. The minimum Gasteiger partial charge on any atom is -0.383 e. The van der Waals surface area contributed by atoms with Crippen LogP contribution in [0.1, 0.15) is 39.2 Å². The Labute approximate surface area is 137 Å². The van der Waals surface area contributed by atoms with Gasteiger partial charge < -0.3 is 15.4 Å². The summed E-state index contributed by atoms with van der Waals surface area (Å²) in [5.74, 6) is -0.426. The molecule has 0 spiro atoms. The molecule has 0 radical (unpaired) electrons. The van der Waals surface area contributed by atoms with Gasteiger partial charge >= 0.3 is 0 Å². The van der Waals surface area contributed by atoms with Gasteiger partial charge in [0, 0.05) is 19.3 Å². The van der Waals surface area contributed by atoms with Crippen LogP contribution in [0.5, 0.6) is 0 Å². The maximum atomic E-state index is 12.6. The number of rotatable bonds is 6. The molecule has 2 amide bonds. The second-order valence-corrected chi connectivity index (χ2v) is 7.08. The van der Waals surface area contributed by atoms with E-state index >= 15 is 0 Å². The fourth-order valence-electron chi connectivity index (χ4n) is 2.61. The van der Waals surface area contributed by atoms with Crippen LogP contribution in [0.25, 0.3) is 0 Å². The number of nitrogens with one attached hydrogen (secondary N) is 2. The van der Waals surface area contributed by atoms with E-state index in [-0.39, 0.29) is 17.2 Å². The molecule has 0 heterocycles. The molecule has 0 saturated heterocycles. The molecule has 0 unspecified atom stereocenters. The van der Waals surface area contributed by atoms with Gasteiger partial charge in [-0.1, -0.05) is 39.0 Å². The Morgan fingerprint density at radius 3 is 2.39 bits per heavy atom. The van der Waals surface area contributed by atoms with Crippen LogP contribution in [0.2, 0.25) is 0 Å². The van der Waals surface area contributed by atoms with E-state index in [1.54, 1.807) is 7.11 Å². The Morgan fingerprint density at radius 1 is 1.17 bits per heavy atom. The Hall–Kier alpha value is -1.88. The molecule has 0 atom stereocenters. The number of hydrogen-bond acceptors (Lipinski definition) is 3. The molecule has 2 rings (SSSR count). The van der Waals surface area contributed by atoms with Gasteiger partial charge in [-0.05, 0) is 29.9 Å². The van der Waals surface area contributed by atoms with Crippen molar-refractivity contribution in [1.82, 2.24) is 5.32 Å². The molecule has 1 fully saturated rings. The van der Waals surface area contributed by atoms with Crippen LogP contribution < -0.4 is 10.6 Å². The van der Waals surface area contributed by atoms with Crippen molar-refractivity contribution in [3.63, 3.8) is 0 Å². The van der Waals surface area contributed by atoms with Crippen molar-refractivity contribution in [2.75, 3.05) is 25.6 Å². The quantitative estimate of drug-likeness (QED) is 0.625. The maximum absolute atomic E-state index is 12.6. The van der Waals surface area contributed by atoms with Crippen molar-refractivity contribution < 1.29 is 14.3 Å². The van der Waals surface area contributed by atoms with E-state index in [1.165, 1.54) is 0 Å². The fourth-order valence-corrected chi connectivity index (χ4v) is 2.61.